The molecule has 184 valence electrons. The smallest absolute Gasteiger partial charge is 0.387 e. The highest BCUT2D eigenvalue weighted by Crippen LogP contribution is 2.53. The predicted octanol–water partition coefficient (Wildman–Crippen LogP) is 3.68. The van der Waals surface area contributed by atoms with Crippen LogP contribution in [0, 0.1) is 0 Å². The minimum atomic E-state index is -3.02. The molecule has 6 rings (SSSR count). The molecular formula is C25H22F2N6O3. The van der Waals surface area contributed by atoms with Gasteiger partial charge in [-0.3, -0.25) is 4.79 Å². The van der Waals surface area contributed by atoms with Gasteiger partial charge in [-0.25, -0.2) is 19.5 Å². The summed E-state index contributed by atoms with van der Waals surface area (Å²) >= 11 is 0. The van der Waals surface area contributed by atoms with Crippen molar-refractivity contribution >= 4 is 11.4 Å². The molecule has 4 aromatic rings. The van der Waals surface area contributed by atoms with Crippen LogP contribution < -0.4 is 4.74 Å². The lowest BCUT2D eigenvalue weighted by molar-refractivity contribution is -0.0505. The molecule has 36 heavy (non-hydrogen) atoms. The third-order valence-corrected chi connectivity index (χ3v) is 6.86. The first-order chi connectivity index (χ1) is 17.1. The van der Waals surface area contributed by atoms with E-state index in [2.05, 4.69) is 15.0 Å². The molecule has 2 aliphatic rings. The molecule has 2 atom stereocenters. The van der Waals surface area contributed by atoms with Crippen molar-refractivity contribution < 1.29 is 23.4 Å². The summed E-state index contributed by atoms with van der Waals surface area (Å²) in [4.78, 5) is 27.9. The van der Waals surface area contributed by atoms with Crippen LogP contribution in [0.25, 0.3) is 16.8 Å². The number of hydrogen-bond donors (Lipinski definition) is 1. The Morgan fingerprint density at radius 3 is 2.61 bits per heavy atom. The van der Waals surface area contributed by atoms with E-state index in [4.69, 9.17) is 9.84 Å². The topological polar surface area (TPSA) is 106 Å². The maximum absolute atomic E-state index is 13.3. The van der Waals surface area contributed by atoms with Crippen molar-refractivity contribution in [1.82, 2.24) is 29.5 Å². The molecule has 2 unspecified atom stereocenters. The second-order valence-corrected chi connectivity index (χ2v) is 9.57. The minimum absolute atomic E-state index is 0.00742. The molecule has 1 aliphatic carbocycles. The quantitative estimate of drug-likeness (QED) is 0.463. The van der Waals surface area contributed by atoms with Crippen LogP contribution in [0.5, 0.6) is 5.75 Å². The fraction of sp³-hybridized carbons (Fsp3) is 0.320. The third-order valence-electron chi connectivity index (χ3n) is 6.86. The molecule has 0 spiro atoms. The minimum Gasteiger partial charge on any atom is -0.434 e. The second kappa shape index (κ2) is 7.76. The maximum atomic E-state index is 13.3. The summed E-state index contributed by atoms with van der Waals surface area (Å²) in [5.74, 6) is -0.348. The van der Waals surface area contributed by atoms with E-state index in [9.17, 15) is 18.7 Å². The predicted molar refractivity (Wildman–Crippen MR) is 124 cm³/mol. The van der Waals surface area contributed by atoms with Crippen LogP contribution in [-0.4, -0.2) is 54.1 Å². The van der Waals surface area contributed by atoms with Crippen molar-refractivity contribution in [3.05, 3.63) is 71.2 Å². The zero-order valence-corrected chi connectivity index (χ0v) is 19.7. The highest BCUT2D eigenvalue weighted by atomic mass is 19.3. The van der Waals surface area contributed by atoms with Gasteiger partial charge in [0, 0.05) is 47.6 Å². The van der Waals surface area contributed by atoms with Crippen LogP contribution in [0.4, 0.5) is 8.78 Å². The zero-order valence-electron chi connectivity index (χ0n) is 19.7. The number of aliphatic hydroxyl groups is 1. The first-order valence-corrected chi connectivity index (χ1v) is 11.4. The van der Waals surface area contributed by atoms with Gasteiger partial charge in [-0.15, -0.1) is 0 Å². The highest BCUT2D eigenvalue weighted by Gasteiger charge is 2.46. The summed E-state index contributed by atoms with van der Waals surface area (Å²) in [5.41, 5.74) is 3.16. The Bertz CT molecular complexity index is 1510. The number of hydrogen-bond acceptors (Lipinski definition) is 7. The fourth-order valence-corrected chi connectivity index (χ4v) is 5.21. The first-order valence-electron chi connectivity index (χ1n) is 11.4. The molecule has 11 heteroatoms. The van der Waals surface area contributed by atoms with Crippen molar-refractivity contribution in [3.63, 3.8) is 0 Å². The van der Waals surface area contributed by atoms with E-state index in [1.54, 1.807) is 61.2 Å². The van der Waals surface area contributed by atoms with Crippen molar-refractivity contribution in [3.8, 4) is 17.0 Å². The molecule has 9 nitrogen and oxygen atoms in total. The second-order valence-electron chi connectivity index (χ2n) is 9.57. The van der Waals surface area contributed by atoms with Crippen molar-refractivity contribution in [2.45, 2.75) is 44.4 Å². The number of benzene rings is 1. The maximum Gasteiger partial charge on any atom is 0.387 e. The molecule has 3 aromatic heterocycles. The number of aromatic nitrogens is 5. The Balaban J connectivity index is 1.52. The molecule has 2 bridgehead atoms. The largest absolute Gasteiger partial charge is 0.434 e. The summed E-state index contributed by atoms with van der Waals surface area (Å²) in [6, 6.07) is 6.20. The van der Waals surface area contributed by atoms with Crippen LogP contribution in [0.15, 0.2) is 43.0 Å². The van der Waals surface area contributed by atoms with Crippen molar-refractivity contribution in [2.24, 2.45) is 0 Å². The zero-order chi connectivity index (χ0) is 25.4. The summed E-state index contributed by atoms with van der Waals surface area (Å²) in [6.07, 6.45) is 5.27. The lowest BCUT2D eigenvalue weighted by Crippen LogP contribution is -2.30. The van der Waals surface area contributed by atoms with Crippen LogP contribution in [0.3, 0.4) is 0 Å². The first kappa shape index (κ1) is 22.5. The van der Waals surface area contributed by atoms with E-state index in [1.165, 1.54) is 6.07 Å². The van der Waals surface area contributed by atoms with Gasteiger partial charge < -0.3 is 14.7 Å². The lowest BCUT2D eigenvalue weighted by atomic mass is 9.88. The molecule has 0 fully saturated rings. The van der Waals surface area contributed by atoms with Gasteiger partial charge in [0.05, 0.1) is 22.9 Å². The lowest BCUT2D eigenvalue weighted by Gasteiger charge is -2.23. The molecule has 0 saturated heterocycles. The number of carbonyl (C=O) groups excluding carboxylic acids is 1. The van der Waals surface area contributed by atoms with E-state index in [1.807, 2.05) is 6.07 Å². The molecule has 0 radical (unpaired) electrons. The Morgan fingerprint density at radius 2 is 1.92 bits per heavy atom. The summed E-state index contributed by atoms with van der Waals surface area (Å²) in [6.45, 7) is 0.193. The monoisotopic (exact) mass is 492 g/mol. The van der Waals surface area contributed by atoms with Crippen LogP contribution in [-0.2, 0) is 5.60 Å². The van der Waals surface area contributed by atoms with E-state index < -0.39 is 12.2 Å². The van der Waals surface area contributed by atoms with Gasteiger partial charge in [0.2, 0.25) is 0 Å². The SMILES string of the molecule is CN1C(=O)c2cccc(OC(F)F)c2C2CC1c1nn3cnc(-c4cnc(C(C)(C)O)nc4)cc3c12. The van der Waals surface area contributed by atoms with Gasteiger partial charge >= 0.3 is 6.61 Å². The number of amides is 1. The van der Waals surface area contributed by atoms with Gasteiger partial charge in [-0.1, -0.05) is 6.07 Å². The van der Waals surface area contributed by atoms with Crippen molar-refractivity contribution in [2.75, 3.05) is 7.05 Å². The number of rotatable bonds is 4. The Kier molecular flexibility index (Phi) is 4.84. The van der Waals surface area contributed by atoms with Crippen molar-refractivity contribution in [1.29, 1.82) is 0 Å². The Labute approximate surface area is 204 Å². The summed E-state index contributed by atoms with van der Waals surface area (Å²) in [5, 5.41) is 14.9. The fourth-order valence-electron chi connectivity index (χ4n) is 5.21. The van der Waals surface area contributed by atoms with E-state index in [0.717, 1.165) is 11.1 Å². The van der Waals surface area contributed by atoms with Gasteiger partial charge in [0.25, 0.3) is 5.91 Å². The van der Waals surface area contributed by atoms with E-state index >= 15 is 0 Å². The van der Waals surface area contributed by atoms with Gasteiger partial charge in [-0.05, 0) is 38.5 Å². The number of fused-ring (bicyclic) bond motifs is 9. The van der Waals surface area contributed by atoms with Crippen LogP contribution >= 0.6 is 0 Å². The van der Waals surface area contributed by atoms with Crippen LogP contribution in [0.2, 0.25) is 0 Å². The number of nitrogens with zero attached hydrogens (tertiary/aromatic N) is 6. The average molecular weight is 492 g/mol. The third kappa shape index (κ3) is 3.34. The molecular weight excluding hydrogens is 470 g/mol. The summed E-state index contributed by atoms with van der Waals surface area (Å²) in [7, 11) is 1.70. The molecule has 4 heterocycles. The summed E-state index contributed by atoms with van der Waals surface area (Å²) < 4.78 is 33.0. The van der Waals surface area contributed by atoms with E-state index in [0.29, 0.717) is 40.3 Å². The molecule has 1 amide bonds. The standard InChI is InChI=1S/C25H22F2N6O3/c1-25(2,35)23-28-9-12(10-29-23)15-8-16-20-14-7-17(21(20)31-33(16)11-30-15)32(3)22(34)13-5-4-6-18(19(13)14)36-24(26)27/h4-6,8-11,14,17,24,35H,7H2,1-3H3. The highest BCUT2D eigenvalue weighted by molar-refractivity contribution is 5.98. The number of halogens is 2. The Morgan fingerprint density at radius 1 is 1.17 bits per heavy atom. The Hall–Kier alpha value is -3.99. The molecule has 0 saturated carbocycles. The van der Waals surface area contributed by atoms with E-state index in [-0.39, 0.29) is 23.6 Å². The number of alkyl halides is 2. The van der Waals surface area contributed by atoms with Crippen LogP contribution in [0.1, 0.15) is 65.2 Å². The number of carbonyl (C=O) groups is 1. The molecule has 1 N–H and O–H groups in total. The molecule has 1 aromatic carbocycles. The molecule has 1 aliphatic heterocycles. The van der Waals surface area contributed by atoms with Gasteiger partial charge in [0.15, 0.2) is 5.82 Å². The van der Waals surface area contributed by atoms with Gasteiger partial charge in [-0.2, -0.15) is 13.9 Å². The average Bonchev–Trinajstić information content (AvgIpc) is 3.36. The number of ether oxygens (including phenoxy) is 1. The normalized spacial score (nSPS) is 19.0. The van der Waals surface area contributed by atoms with Gasteiger partial charge in [0.1, 0.15) is 17.7 Å².